The first-order valence-corrected chi connectivity index (χ1v) is 17.8. The van der Waals surface area contributed by atoms with E-state index < -0.39 is 63.6 Å². The monoisotopic (exact) mass is 726 g/mol. The van der Waals surface area contributed by atoms with Gasteiger partial charge >= 0.3 is 11.9 Å². The second-order valence-electron chi connectivity index (χ2n) is 13.7. The second kappa shape index (κ2) is 13.9. The molecule has 0 aliphatic carbocycles. The van der Waals surface area contributed by atoms with Gasteiger partial charge in [-0.1, -0.05) is 60.2 Å². The summed E-state index contributed by atoms with van der Waals surface area (Å²) in [5.74, 6) is -3.51. The normalized spacial score (nSPS) is 28.1. The van der Waals surface area contributed by atoms with Crippen molar-refractivity contribution in [3.63, 3.8) is 0 Å². The number of benzene rings is 2. The van der Waals surface area contributed by atoms with Crippen molar-refractivity contribution in [1.29, 1.82) is 0 Å². The molecule has 8 atom stereocenters. The van der Waals surface area contributed by atoms with Crippen LogP contribution in [0.4, 0.5) is 0 Å². The van der Waals surface area contributed by atoms with E-state index in [0.717, 1.165) is 11.1 Å². The molecule has 8 unspecified atom stereocenters. The highest BCUT2D eigenvalue weighted by Crippen LogP contribution is 2.52. The number of thioether (sulfide) groups is 2. The third-order valence-electron chi connectivity index (χ3n) is 9.35. The zero-order valence-corrected chi connectivity index (χ0v) is 30.1. The Kier molecular flexibility index (Phi) is 10.3. The highest BCUT2D eigenvalue weighted by Gasteiger charge is 2.65. The number of hydrogen-bond donors (Lipinski definition) is 6. The minimum absolute atomic E-state index is 0.302. The van der Waals surface area contributed by atoms with Crippen molar-refractivity contribution in [2.75, 3.05) is 7.05 Å². The first-order valence-electron chi connectivity index (χ1n) is 16.0. The van der Waals surface area contributed by atoms with E-state index >= 15 is 0 Å². The molecule has 7 N–H and O–H groups in total. The molecule has 4 aliphatic heterocycles. The molecule has 0 bridgehead atoms. The zero-order valence-electron chi connectivity index (χ0n) is 28.4. The average molecular weight is 727 g/mol. The molecule has 4 heterocycles. The molecule has 2 aromatic rings. The van der Waals surface area contributed by atoms with Gasteiger partial charge in [-0.2, -0.15) is 0 Å². The molecule has 0 radical (unpaired) electrons. The molecule has 4 amide bonds. The van der Waals surface area contributed by atoms with Crippen LogP contribution in [0.2, 0.25) is 0 Å². The van der Waals surface area contributed by atoms with Gasteiger partial charge in [0.2, 0.25) is 23.6 Å². The lowest BCUT2D eigenvalue weighted by Crippen LogP contribution is -2.71. The lowest BCUT2D eigenvalue weighted by Gasteiger charge is -2.44. The number of nitrogens with two attached hydrogens (primary N) is 1. The summed E-state index contributed by atoms with van der Waals surface area (Å²) in [6.07, 6.45) is 0. The number of β-lactam (4-membered cyclic amide) rings is 2. The molecule has 4 saturated heterocycles. The van der Waals surface area contributed by atoms with Gasteiger partial charge < -0.3 is 41.7 Å². The third-order valence-corrected chi connectivity index (χ3v) is 12.5. The first-order chi connectivity index (χ1) is 23.4. The second-order valence-corrected chi connectivity index (χ2v) is 17.2. The van der Waals surface area contributed by atoms with Gasteiger partial charge in [-0.3, -0.25) is 19.2 Å². The summed E-state index contributed by atoms with van der Waals surface area (Å²) >= 11 is 2.80. The van der Waals surface area contributed by atoms with Crippen LogP contribution in [0.15, 0.2) is 54.6 Å². The fourth-order valence-electron chi connectivity index (χ4n) is 6.79. The number of aryl methyl sites for hydroxylation is 1. The maximum Gasteiger partial charge on any atom is 0.327 e. The highest BCUT2D eigenvalue weighted by molar-refractivity contribution is 8.02. The standard InChI is InChI=1S/2C17H21N3O4S/c1-8-4-6-9(7-5-8)10(18)13(21)19-11-14(22)20-12(16(23)24)17(2,3)25-15(11)20;1-17(2)12(16(23)24)20-14(22)11(15(20)25-17)19-13(21)10(18-3)9-7-5-4-6-8-9/h4-7,10-12,15H,18H2,1-3H3,(H,19,21)(H,23,24);4-8,10-12,15,18H,1-3H3,(H,19,21)(H,23,24). The van der Waals surface area contributed by atoms with E-state index in [0.29, 0.717) is 5.56 Å². The topological polar surface area (TPSA) is 211 Å². The smallest absolute Gasteiger partial charge is 0.327 e. The molecule has 4 fully saturated rings. The van der Waals surface area contributed by atoms with Gasteiger partial charge in [0.15, 0.2) is 0 Å². The lowest BCUT2D eigenvalue weighted by molar-refractivity contribution is -0.161. The van der Waals surface area contributed by atoms with Gasteiger partial charge in [0.1, 0.15) is 47.0 Å². The van der Waals surface area contributed by atoms with Crippen molar-refractivity contribution in [3.8, 4) is 0 Å². The van der Waals surface area contributed by atoms with Crippen LogP contribution in [0.25, 0.3) is 0 Å². The van der Waals surface area contributed by atoms with E-state index in [-0.39, 0.29) is 28.5 Å². The van der Waals surface area contributed by atoms with E-state index in [2.05, 4.69) is 16.0 Å². The number of nitrogens with zero attached hydrogens (tertiary/aromatic N) is 2. The van der Waals surface area contributed by atoms with E-state index in [9.17, 15) is 39.0 Å². The maximum atomic E-state index is 12.6. The van der Waals surface area contributed by atoms with Gasteiger partial charge in [-0.25, -0.2) is 9.59 Å². The largest absolute Gasteiger partial charge is 0.480 e. The molecule has 2 aromatic carbocycles. The Morgan fingerprint density at radius 1 is 0.740 bits per heavy atom. The summed E-state index contributed by atoms with van der Waals surface area (Å²) in [5, 5.41) is 26.5. The molecule has 16 heteroatoms. The van der Waals surface area contributed by atoms with Crippen molar-refractivity contribution >= 4 is 59.1 Å². The summed E-state index contributed by atoms with van der Waals surface area (Å²) < 4.78 is -1.22. The number of aliphatic carboxylic acids is 2. The zero-order chi connectivity index (χ0) is 36.9. The van der Waals surface area contributed by atoms with Crippen LogP contribution in [-0.4, -0.2) is 107 Å². The van der Waals surface area contributed by atoms with E-state index in [1.807, 2.05) is 49.4 Å². The van der Waals surface area contributed by atoms with Gasteiger partial charge in [0, 0.05) is 9.49 Å². The van der Waals surface area contributed by atoms with Crippen LogP contribution in [0.3, 0.4) is 0 Å². The van der Waals surface area contributed by atoms with E-state index in [1.54, 1.807) is 46.9 Å². The third kappa shape index (κ3) is 6.68. The molecule has 14 nitrogen and oxygen atoms in total. The number of carbonyl (C=O) groups excluding carboxylic acids is 4. The quantitative estimate of drug-likeness (QED) is 0.202. The summed E-state index contributed by atoms with van der Waals surface area (Å²) in [7, 11) is 1.68. The molecule has 268 valence electrons. The summed E-state index contributed by atoms with van der Waals surface area (Å²) in [6, 6.07) is 11.9. The molecule has 6 rings (SSSR count). The Bertz CT molecular complexity index is 1690. The fraction of sp³-hybridized carbons (Fsp3) is 0.471. The lowest BCUT2D eigenvalue weighted by atomic mass is 9.95. The highest BCUT2D eigenvalue weighted by atomic mass is 32.2. The Morgan fingerprint density at radius 3 is 1.60 bits per heavy atom. The van der Waals surface area contributed by atoms with Gasteiger partial charge in [-0.15, -0.1) is 23.5 Å². The molecular weight excluding hydrogens is 685 g/mol. The van der Waals surface area contributed by atoms with Crippen LogP contribution < -0.4 is 21.7 Å². The predicted molar refractivity (Wildman–Crippen MR) is 188 cm³/mol. The van der Waals surface area contributed by atoms with Gasteiger partial charge in [0.25, 0.3) is 0 Å². The number of fused-ring (bicyclic) bond motifs is 2. The number of carboxylic acids is 2. The average Bonchev–Trinajstić information content (AvgIpc) is 3.48. The molecule has 0 spiro atoms. The van der Waals surface area contributed by atoms with Crippen LogP contribution in [0, 0.1) is 6.92 Å². The minimum atomic E-state index is -1.03. The maximum absolute atomic E-state index is 12.6. The fourth-order valence-corrected chi connectivity index (χ4v) is 10.0. The first kappa shape index (κ1) is 37.1. The number of hydrogen-bond acceptors (Lipinski definition) is 10. The molecule has 0 saturated carbocycles. The Morgan fingerprint density at radius 2 is 1.18 bits per heavy atom. The van der Waals surface area contributed by atoms with Crippen molar-refractivity contribution < 1.29 is 39.0 Å². The number of carboxylic acid groups (broad SMARTS) is 2. The number of likely N-dealkylation sites (N-methyl/N-ethyl adjacent to an activating group) is 1. The minimum Gasteiger partial charge on any atom is -0.480 e. The predicted octanol–water partition coefficient (Wildman–Crippen LogP) is 1.21. The van der Waals surface area contributed by atoms with Gasteiger partial charge in [-0.05, 0) is 52.8 Å². The molecule has 0 aromatic heterocycles. The van der Waals surface area contributed by atoms with Crippen molar-refractivity contribution in [1.82, 2.24) is 25.8 Å². The van der Waals surface area contributed by atoms with E-state index in [1.165, 1.54) is 33.3 Å². The number of nitrogens with one attached hydrogen (secondary N) is 3. The van der Waals surface area contributed by atoms with Gasteiger partial charge in [0.05, 0.1) is 0 Å². The summed E-state index contributed by atoms with van der Waals surface area (Å²) in [6.45, 7) is 9.13. The van der Waals surface area contributed by atoms with Crippen molar-refractivity contribution in [3.05, 3.63) is 71.3 Å². The Labute approximate surface area is 298 Å². The van der Waals surface area contributed by atoms with Crippen LogP contribution in [0.5, 0.6) is 0 Å². The van der Waals surface area contributed by atoms with E-state index in [4.69, 9.17) is 5.73 Å². The Balaban J connectivity index is 0.000000194. The summed E-state index contributed by atoms with van der Waals surface area (Å²) in [4.78, 5) is 75.6. The molecule has 50 heavy (non-hydrogen) atoms. The SMILES string of the molecule is CNC(C(=O)NC1C(=O)N2C1SC(C)(C)C2C(=O)O)c1ccccc1.Cc1ccc(C(N)C(=O)NC2C(=O)N3C2SC(C)(C)C3C(=O)O)cc1. The Hall–Kier alpha value is -4.12. The molecular formula is C34H42N6O8S2. The summed E-state index contributed by atoms with van der Waals surface area (Å²) in [5.41, 5.74) is 8.51. The molecule has 4 aliphatic rings. The van der Waals surface area contributed by atoms with Crippen LogP contribution in [0.1, 0.15) is 56.5 Å². The van der Waals surface area contributed by atoms with Crippen LogP contribution >= 0.6 is 23.5 Å². The van der Waals surface area contributed by atoms with Crippen LogP contribution in [-0.2, 0) is 28.8 Å². The number of rotatable bonds is 9. The van der Waals surface area contributed by atoms with Crippen molar-refractivity contribution in [2.24, 2.45) is 5.73 Å². The van der Waals surface area contributed by atoms with Crippen molar-refractivity contribution in [2.45, 2.75) is 91.1 Å². The number of amides is 4. The number of carbonyl (C=O) groups is 6.